The fourth-order valence-corrected chi connectivity index (χ4v) is 10.2. The highest BCUT2D eigenvalue weighted by Gasteiger charge is 2.24. The van der Waals surface area contributed by atoms with E-state index >= 15 is 0 Å². The average molecular weight is 557 g/mol. The molecule has 36 heavy (non-hydrogen) atoms. The second-order valence-corrected chi connectivity index (χ2v) is 15.1. The van der Waals surface area contributed by atoms with Gasteiger partial charge in [-0.1, -0.05) is 80.1 Å². The molecule has 0 saturated carbocycles. The molecule has 0 nitrogen and oxygen atoms in total. The van der Waals surface area contributed by atoms with Gasteiger partial charge < -0.3 is 0 Å². The van der Waals surface area contributed by atoms with Crippen molar-refractivity contribution in [3.05, 3.63) is 45.1 Å². The molecule has 0 radical (unpaired) electrons. The second-order valence-electron chi connectivity index (χ2n) is 10.8. The van der Waals surface area contributed by atoms with Crippen LogP contribution in [-0.2, 0) is 12.8 Å². The molecule has 4 rings (SSSR count). The van der Waals surface area contributed by atoms with Crippen molar-refractivity contribution in [2.24, 2.45) is 0 Å². The molecule has 4 heterocycles. The van der Waals surface area contributed by atoms with E-state index < -0.39 is 0 Å². The van der Waals surface area contributed by atoms with E-state index in [0.29, 0.717) is 11.8 Å². The SMILES string of the molecule is CCCCCCc1c(-c2ccc(C(C)C)s2)sc2c(CCCCCC)c(-c3ccc(C(C)C)s3)sc12. The first-order valence-electron chi connectivity index (χ1n) is 14.2. The van der Waals surface area contributed by atoms with Crippen LogP contribution in [0.2, 0.25) is 0 Å². The number of aryl methyl sites for hydroxylation is 2. The second kappa shape index (κ2) is 13.2. The summed E-state index contributed by atoms with van der Waals surface area (Å²) in [5, 5.41) is 0. The number of hydrogen-bond acceptors (Lipinski definition) is 4. The molecule has 0 N–H and O–H groups in total. The lowest BCUT2D eigenvalue weighted by atomic mass is 10.0. The molecule has 0 atom stereocenters. The Kier molecular flexibility index (Phi) is 10.3. The van der Waals surface area contributed by atoms with E-state index in [9.17, 15) is 0 Å². The predicted molar refractivity (Wildman–Crippen MR) is 170 cm³/mol. The molecule has 0 bridgehead atoms. The largest absolute Gasteiger partial charge is 0.139 e. The maximum absolute atomic E-state index is 2.40. The van der Waals surface area contributed by atoms with E-state index in [0.717, 1.165) is 0 Å². The first kappa shape index (κ1) is 28.1. The topological polar surface area (TPSA) is 0 Å². The minimum absolute atomic E-state index is 0.604. The van der Waals surface area contributed by atoms with Gasteiger partial charge in [0.25, 0.3) is 0 Å². The Balaban J connectivity index is 1.80. The molecule has 4 aromatic rings. The van der Waals surface area contributed by atoms with Gasteiger partial charge in [-0.3, -0.25) is 0 Å². The summed E-state index contributed by atoms with van der Waals surface area (Å²) in [6, 6.07) is 9.55. The van der Waals surface area contributed by atoms with Gasteiger partial charge in [0.2, 0.25) is 0 Å². The van der Waals surface area contributed by atoms with Crippen LogP contribution < -0.4 is 0 Å². The fraction of sp³-hybridized carbons (Fsp3) is 0.562. The molecule has 4 aromatic heterocycles. The minimum atomic E-state index is 0.604. The molecule has 0 aliphatic carbocycles. The van der Waals surface area contributed by atoms with Gasteiger partial charge in [-0.05, 0) is 72.9 Å². The molecule has 0 spiro atoms. The van der Waals surface area contributed by atoms with Gasteiger partial charge in [-0.15, -0.1) is 45.3 Å². The number of hydrogen-bond donors (Lipinski definition) is 0. The summed E-state index contributed by atoms with van der Waals surface area (Å²) in [6.45, 7) is 13.9. The third kappa shape index (κ3) is 6.37. The van der Waals surface area contributed by atoms with Crippen molar-refractivity contribution in [1.29, 1.82) is 0 Å². The number of fused-ring (bicyclic) bond motifs is 1. The van der Waals surface area contributed by atoms with Gasteiger partial charge in [0.05, 0.1) is 0 Å². The van der Waals surface area contributed by atoms with E-state index in [1.54, 1.807) is 30.3 Å². The van der Waals surface area contributed by atoms with Crippen molar-refractivity contribution < 1.29 is 0 Å². The third-order valence-electron chi connectivity index (χ3n) is 7.11. The number of thiophene rings is 4. The van der Waals surface area contributed by atoms with E-state index in [4.69, 9.17) is 0 Å². The number of unbranched alkanes of at least 4 members (excludes halogenated alkanes) is 6. The Morgan fingerprint density at radius 2 is 0.944 bits per heavy atom. The Labute approximate surface area is 235 Å². The van der Waals surface area contributed by atoms with Crippen molar-refractivity contribution in [2.45, 2.75) is 118 Å². The lowest BCUT2D eigenvalue weighted by molar-refractivity contribution is 0.669. The van der Waals surface area contributed by atoms with Crippen LogP contribution in [0.4, 0.5) is 0 Å². The van der Waals surface area contributed by atoms with E-state index in [1.165, 1.54) is 83.7 Å². The molecular weight excluding hydrogens is 513 g/mol. The Morgan fingerprint density at radius 3 is 1.28 bits per heavy atom. The summed E-state index contributed by atoms with van der Waals surface area (Å²) in [4.78, 5) is 9.15. The van der Waals surface area contributed by atoms with Crippen molar-refractivity contribution >= 4 is 54.7 Å². The van der Waals surface area contributed by atoms with Crippen molar-refractivity contribution in [1.82, 2.24) is 0 Å². The lowest BCUT2D eigenvalue weighted by Crippen LogP contribution is -1.86. The first-order chi connectivity index (χ1) is 17.4. The van der Waals surface area contributed by atoms with Crippen molar-refractivity contribution in [3.63, 3.8) is 0 Å². The minimum Gasteiger partial charge on any atom is -0.139 e. The fourth-order valence-electron chi connectivity index (χ4n) is 4.90. The Hall–Kier alpha value is -0.940. The Bertz CT molecular complexity index is 1130. The summed E-state index contributed by atoms with van der Waals surface area (Å²) >= 11 is 8.27. The summed E-state index contributed by atoms with van der Waals surface area (Å²) < 4.78 is 3.21. The van der Waals surface area contributed by atoms with E-state index in [-0.39, 0.29) is 0 Å². The average Bonchev–Trinajstić information content (AvgIpc) is 3.63. The normalized spacial score (nSPS) is 12.1. The van der Waals surface area contributed by atoms with Crippen LogP contribution in [0.1, 0.15) is 126 Å². The molecule has 0 unspecified atom stereocenters. The highest BCUT2D eigenvalue weighted by molar-refractivity contribution is 7.34. The van der Waals surface area contributed by atoms with Gasteiger partial charge in [0, 0.05) is 38.7 Å². The van der Waals surface area contributed by atoms with Crippen LogP contribution in [0.3, 0.4) is 0 Å². The zero-order chi connectivity index (χ0) is 25.7. The molecular formula is C32H44S4. The first-order valence-corrected chi connectivity index (χ1v) is 17.5. The molecule has 196 valence electrons. The molecule has 0 aliphatic heterocycles. The quantitative estimate of drug-likeness (QED) is 0.135. The molecule has 0 fully saturated rings. The molecule has 0 saturated heterocycles. The molecule has 0 aliphatic rings. The maximum Gasteiger partial charge on any atom is 0.0499 e. The molecule has 4 heteroatoms. The van der Waals surface area contributed by atoms with Crippen LogP contribution in [0.15, 0.2) is 24.3 Å². The van der Waals surface area contributed by atoms with Crippen LogP contribution in [0, 0.1) is 0 Å². The van der Waals surface area contributed by atoms with Gasteiger partial charge in [0.1, 0.15) is 0 Å². The van der Waals surface area contributed by atoms with Crippen LogP contribution in [0.5, 0.6) is 0 Å². The van der Waals surface area contributed by atoms with Crippen molar-refractivity contribution in [3.8, 4) is 19.5 Å². The van der Waals surface area contributed by atoms with Crippen molar-refractivity contribution in [2.75, 3.05) is 0 Å². The monoisotopic (exact) mass is 556 g/mol. The number of rotatable bonds is 14. The van der Waals surface area contributed by atoms with Gasteiger partial charge in [-0.2, -0.15) is 0 Å². The smallest absolute Gasteiger partial charge is 0.0499 e. The van der Waals surface area contributed by atoms with Gasteiger partial charge in [-0.25, -0.2) is 0 Å². The van der Waals surface area contributed by atoms with E-state index in [1.807, 2.05) is 22.7 Å². The zero-order valence-electron chi connectivity index (χ0n) is 23.2. The molecule has 0 amide bonds. The summed E-state index contributed by atoms with van der Waals surface area (Å²) in [6.07, 6.45) is 13.1. The van der Waals surface area contributed by atoms with Crippen LogP contribution >= 0.6 is 45.3 Å². The van der Waals surface area contributed by atoms with Crippen LogP contribution in [-0.4, -0.2) is 0 Å². The summed E-state index contributed by atoms with van der Waals surface area (Å²) in [5.74, 6) is 1.21. The highest BCUT2D eigenvalue weighted by atomic mass is 32.1. The maximum atomic E-state index is 2.40. The highest BCUT2D eigenvalue weighted by Crippen LogP contribution is 2.52. The standard InChI is InChI=1S/C32H44S4/c1-7-9-11-13-15-23-29(27-19-17-25(33-27)21(3)4)35-32-24(16-14-12-10-8-2)30(36-31(23)32)28-20-18-26(34-28)22(5)6/h17-22H,7-16H2,1-6H3. The van der Waals surface area contributed by atoms with Crippen LogP contribution in [0.25, 0.3) is 28.9 Å². The van der Waals surface area contributed by atoms with Gasteiger partial charge >= 0.3 is 0 Å². The zero-order valence-corrected chi connectivity index (χ0v) is 26.4. The Morgan fingerprint density at radius 1 is 0.528 bits per heavy atom. The van der Waals surface area contributed by atoms with Gasteiger partial charge in [0.15, 0.2) is 0 Å². The predicted octanol–water partition coefficient (Wildman–Crippen LogP) is 12.9. The molecule has 0 aromatic carbocycles. The van der Waals surface area contributed by atoms with E-state index in [2.05, 4.69) is 88.5 Å². The summed E-state index contributed by atoms with van der Waals surface area (Å²) in [5.41, 5.74) is 3.30. The summed E-state index contributed by atoms with van der Waals surface area (Å²) in [7, 11) is 0. The third-order valence-corrected chi connectivity index (χ3v) is 13.0. The lowest BCUT2D eigenvalue weighted by Gasteiger charge is -2.05.